The molecule has 0 aliphatic rings. The minimum absolute atomic E-state index is 0.226. The zero-order chi connectivity index (χ0) is 11.6. The van der Waals surface area contributed by atoms with E-state index in [1.54, 1.807) is 12.1 Å². The van der Waals surface area contributed by atoms with Gasteiger partial charge in [-0.15, -0.1) is 0 Å². The van der Waals surface area contributed by atoms with Crippen molar-refractivity contribution in [2.45, 2.75) is 12.7 Å². The first kappa shape index (κ1) is 11.0. The summed E-state index contributed by atoms with van der Waals surface area (Å²) in [5, 5.41) is 2.98. The van der Waals surface area contributed by atoms with E-state index in [-0.39, 0.29) is 5.13 Å². The van der Waals surface area contributed by atoms with E-state index < -0.39 is 11.1 Å². The number of rotatable bonds is 3. The number of furan rings is 1. The highest BCUT2D eigenvalue weighted by atomic mass is 32.1. The van der Waals surface area contributed by atoms with Gasteiger partial charge in [0.1, 0.15) is 10.6 Å². The van der Waals surface area contributed by atoms with Gasteiger partial charge < -0.3 is 9.73 Å². The Morgan fingerprint density at radius 1 is 1.44 bits per heavy atom. The van der Waals surface area contributed by atoms with Gasteiger partial charge in [-0.1, -0.05) is 11.3 Å². The number of aromatic nitrogens is 1. The van der Waals surface area contributed by atoms with Crippen molar-refractivity contribution in [3.63, 3.8) is 0 Å². The molecule has 0 unspecified atom stereocenters. The number of hydrogen-bond acceptors (Lipinski definition) is 4. The van der Waals surface area contributed by atoms with Crippen LogP contribution in [-0.2, 0) is 12.7 Å². The lowest BCUT2D eigenvalue weighted by Gasteiger charge is -2.00. The average molecular weight is 248 g/mol. The van der Waals surface area contributed by atoms with Crippen LogP contribution in [0.5, 0.6) is 0 Å². The summed E-state index contributed by atoms with van der Waals surface area (Å²) in [7, 11) is 0. The first-order valence-electron chi connectivity index (χ1n) is 4.35. The summed E-state index contributed by atoms with van der Waals surface area (Å²) in [5.41, 5.74) is 0. The Morgan fingerprint density at radius 2 is 2.25 bits per heavy atom. The largest absolute Gasteiger partial charge is 0.467 e. The molecule has 0 radical (unpaired) electrons. The topological polar surface area (TPSA) is 38.1 Å². The van der Waals surface area contributed by atoms with Crippen molar-refractivity contribution in [3.05, 3.63) is 35.2 Å². The van der Waals surface area contributed by atoms with E-state index in [0.717, 1.165) is 6.20 Å². The van der Waals surface area contributed by atoms with Crippen LogP contribution in [-0.4, -0.2) is 4.98 Å². The Bertz CT molecular complexity index is 450. The highest BCUT2D eigenvalue weighted by Crippen LogP contribution is 2.35. The standard InChI is InChI=1S/C9H7F3N2OS/c10-9(11,12)7-5-14-8(16-7)13-4-6-2-1-3-15-6/h1-3,5H,4H2,(H,13,14). The van der Waals surface area contributed by atoms with Crippen LogP contribution >= 0.6 is 11.3 Å². The number of alkyl halides is 3. The molecule has 3 nitrogen and oxygen atoms in total. The molecule has 0 aliphatic carbocycles. The predicted octanol–water partition coefficient (Wildman–Crippen LogP) is 3.37. The van der Waals surface area contributed by atoms with Crippen LogP contribution in [0.1, 0.15) is 10.6 Å². The van der Waals surface area contributed by atoms with Crippen LogP contribution in [0.15, 0.2) is 29.0 Å². The van der Waals surface area contributed by atoms with Crippen LogP contribution in [0.3, 0.4) is 0 Å². The first-order valence-corrected chi connectivity index (χ1v) is 5.16. The molecule has 7 heteroatoms. The van der Waals surface area contributed by atoms with E-state index in [1.165, 1.54) is 6.26 Å². The summed E-state index contributed by atoms with van der Waals surface area (Å²) in [6.45, 7) is 0.317. The molecule has 0 aromatic carbocycles. The number of thiazole rings is 1. The van der Waals surface area contributed by atoms with Gasteiger partial charge in [-0.05, 0) is 12.1 Å². The zero-order valence-corrected chi connectivity index (χ0v) is 8.73. The van der Waals surface area contributed by atoms with Gasteiger partial charge in [0.15, 0.2) is 5.13 Å². The summed E-state index contributed by atoms with van der Waals surface area (Å²) >= 11 is 0.573. The van der Waals surface area contributed by atoms with E-state index in [4.69, 9.17) is 4.42 Å². The molecule has 0 spiro atoms. The van der Waals surface area contributed by atoms with E-state index in [0.29, 0.717) is 23.6 Å². The molecule has 0 saturated heterocycles. The zero-order valence-electron chi connectivity index (χ0n) is 7.91. The number of nitrogens with zero attached hydrogens (tertiary/aromatic N) is 1. The Morgan fingerprint density at radius 3 is 2.81 bits per heavy atom. The van der Waals surface area contributed by atoms with Crippen molar-refractivity contribution in [3.8, 4) is 0 Å². The maximum Gasteiger partial charge on any atom is 0.427 e. The van der Waals surface area contributed by atoms with Crippen molar-refractivity contribution in [1.29, 1.82) is 0 Å². The maximum absolute atomic E-state index is 12.2. The minimum Gasteiger partial charge on any atom is -0.467 e. The van der Waals surface area contributed by atoms with Gasteiger partial charge in [-0.25, -0.2) is 4.98 Å². The summed E-state index contributed by atoms with van der Waals surface area (Å²) in [4.78, 5) is 2.91. The normalized spacial score (nSPS) is 11.7. The van der Waals surface area contributed by atoms with Crippen molar-refractivity contribution < 1.29 is 17.6 Å². The molecule has 2 rings (SSSR count). The Hall–Kier alpha value is -1.50. The molecule has 2 aromatic rings. The van der Waals surface area contributed by atoms with Gasteiger partial charge in [0.2, 0.25) is 0 Å². The summed E-state index contributed by atoms with van der Waals surface area (Å²) in [6, 6.07) is 3.44. The number of nitrogens with one attached hydrogen (secondary N) is 1. The molecule has 0 saturated carbocycles. The molecule has 2 aromatic heterocycles. The van der Waals surface area contributed by atoms with Gasteiger partial charge in [0.05, 0.1) is 19.0 Å². The quantitative estimate of drug-likeness (QED) is 0.905. The molecular formula is C9H7F3N2OS. The van der Waals surface area contributed by atoms with E-state index in [9.17, 15) is 13.2 Å². The third-order valence-electron chi connectivity index (χ3n) is 1.78. The second kappa shape index (κ2) is 4.17. The fourth-order valence-electron chi connectivity index (χ4n) is 1.06. The molecule has 0 atom stereocenters. The van der Waals surface area contributed by atoms with Crippen molar-refractivity contribution in [2.75, 3.05) is 5.32 Å². The van der Waals surface area contributed by atoms with Gasteiger partial charge in [0, 0.05) is 0 Å². The lowest BCUT2D eigenvalue weighted by molar-refractivity contribution is -0.134. The molecule has 0 aliphatic heterocycles. The van der Waals surface area contributed by atoms with Crippen LogP contribution in [0.4, 0.5) is 18.3 Å². The van der Waals surface area contributed by atoms with Crippen molar-refractivity contribution >= 4 is 16.5 Å². The van der Waals surface area contributed by atoms with Crippen LogP contribution in [0.2, 0.25) is 0 Å². The fourth-order valence-corrected chi connectivity index (χ4v) is 1.74. The summed E-state index contributed by atoms with van der Waals surface area (Å²) < 4.78 is 41.7. The fraction of sp³-hybridized carbons (Fsp3) is 0.222. The Labute approximate surface area is 92.9 Å². The molecule has 1 N–H and O–H groups in total. The molecule has 0 amide bonds. The van der Waals surface area contributed by atoms with Crippen LogP contribution < -0.4 is 5.32 Å². The van der Waals surface area contributed by atoms with Gasteiger partial charge in [0.25, 0.3) is 0 Å². The number of halogens is 3. The second-order valence-electron chi connectivity index (χ2n) is 2.96. The highest BCUT2D eigenvalue weighted by Gasteiger charge is 2.33. The van der Waals surface area contributed by atoms with Gasteiger partial charge >= 0.3 is 6.18 Å². The van der Waals surface area contributed by atoms with Gasteiger partial charge in [-0.2, -0.15) is 13.2 Å². The maximum atomic E-state index is 12.2. The summed E-state index contributed by atoms with van der Waals surface area (Å²) in [5.74, 6) is 0.642. The SMILES string of the molecule is FC(F)(F)c1cnc(NCc2ccco2)s1. The molecule has 86 valence electrons. The van der Waals surface area contributed by atoms with Gasteiger partial charge in [-0.3, -0.25) is 0 Å². The van der Waals surface area contributed by atoms with E-state index in [1.807, 2.05) is 0 Å². The van der Waals surface area contributed by atoms with Crippen molar-refractivity contribution in [2.24, 2.45) is 0 Å². The highest BCUT2D eigenvalue weighted by molar-refractivity contribution is 7.15. The van der Waals surface area contributed by atoms with E-state index in [2.05, 4.69) is 10.3 Å². The molecule has 2 heterocycles. The second-order valence-corrected chi connectivity index (χ2v) is 3.99. The third-order valence-corrected chi connectivity index (χ3v) is 2.78. The van der Waals surface area contributed by atoms with Crippen molar-refractivity contribution in [1.82, 2.24) is 4.98 Å². The first-order chi connectivity index (χ1) is 7.55. The summed E-state index contributed by atoms with van der Waals surface area (Å²) in [6.07, 6.45) is -2.02. The van der Waals surface area contributed by atoms with Crippen LogP contribution in [0, 0.1) is 0 Å². The third kappa shape index (κ3) is 2.54. The molecular weight excluding hydrogens is 241 g/mol. The van der Waals surface area contributed by atoms with Crippen LogP contribution in [0.25, 0.3) is 0 Å². The lowest BCUT2D eigenvalue weighted by atomic mass is 10.4. The smallest absolute Gasteiger partial charge is 0.427 e. The molecule has 16 heavy (non-hydrogen) atoms. The molecule has 0 bridgehead atoms. The molecule has 0 fully saturated rings. The van der Waals surface area contributed by atoms with E-state index >= 15 is 0 Å². The number of hydrogen-bond donors (Lipinski definition) is 1. The minimum atomic E-state index is -4.33. The monoisotopic (exact) mass is 248 g/mol. The number of anilines is 1. The lowest BCUT2D eigenvalue weighted by Crippen LogP contribution is -2.00. The Kier molecular flexibility index (Phi) is 2.86. The predicted molar refractivity (Wildman–Crippen MR) is 53.2 cm³/mol. The average Bonchev–Trinajstić information content (AvgIpc) is 2.85. The Balaban J connectivity index is 1.98.